The predicted octanol–water partition coefficient (Wildman–Crippen LogP) is 29.0. The van der Waals surface area contributed by atoms with Crippen LogP contribution in [0.3, 0.4) is 0 Å². The summed E-state index contributed by atoms with van der Waals surface area (Å²) in [7, 11) is 0. The Bertz CT molecular complexity index is 8450. The molecule has 19 aromatic carbocycles. The van der Waals surface area contributed by atoms with Gasteiger partial charge in [-0.1, -0.05) is 291 Å². The molecule has 0 amide bonds. The van der Waals surface area contributed by atoms with Crippen LogP contribution in [0.15, 0.2) is 368 Å². The third kappa shape index (κ3) is 9.31. The molecule has 114 heavy (non-hydrogen) atoms. The second-order valence-corrected chi connectivity index (χ2v) is 31.3. The van der Waals surface area contributed by atoms with E-state index in [0.29, 0.717) is 17.6 Å². The average molecular weight is 1470 g/mol. The van der Waals surface area contributed by atoms with Crippen molar-refractivity contribution in [2.75, 3.05) is 0 Å². The van der Waals surface area contributed by atoms with Crippen LogP contribution in [0.2, 0.25) is 0 Å². The zero-order chi connectivity index (χ0) is 74.4. The van der Waals surface area contributed by atoms with Crippen LogP contribution in [-0.4, -0.2) is 29.1 Å². The summed E-state index contributed by atoms with van der Waals surface area (Å²) in [4.78, 5) is 23.8. The molecule has 0 spiro atoms. The summed E-state index contributed by atoms with van der Waals surface area (Å²) >= 11 is 1.73. The van der Waals surface area contributed by atoms with Crippen LogP contribution in [-0.2, 0) is 0 Å². The van der Waals surface area contributed by atoms with Gasteiger partial charge in [-0.05, 0) is 193 Å². The second-order valence-electron chi connectivity index (χ2n) is 30.2. The number of aromatic nitrogens is 6. The van der Waals surface area contributed by atoms with Gasteiger partial charge in [0.05, 0.1) is 38.8 Å². The first kappa shape index (κ1) is 62.9. The lowest BCUT2D eigenvalue weighted by Crippen LogP contribution is -2.03. The lowest BCUT2D eigenvalue weighted by Gasteiger charge is -2.16. The summed E-state index contributed by atoms with van der Waals surface area (Å²) in [5.41, 5.74) is 17.9. The molecule has 0 aliphatic carbocycles. The predicted molar refractivity (Wildman–Crippen MR) is 479 cm³/mol. The molecule has 0 radical (unpaired) electrons. The van der Waals surface area contributed by atoms with Gasteiger partial charge in [-0.15, -0.1) is 11.3 Å². The Labute approximate surface area is 655 Å². The molecule has 0 aliphatic rings. The number of thiophene rings is 1. The molecular weight excluding hydrogens is 1410 g/mol. The maximum atomic E-state index is 6.95. The number of hydrogen-bond donors (Lipinski definition) is 0. The molecule has 6 aromatic heterocycles. The molecule has 0 unspecified atom stereocenters. The first-order valence-electron chi connectivity index (χ1n) is 38.8. The monoisotopic (exact) mass is 1460 g/mol. The Hall–Kier alpha value is -15.0. The van der Waals surface area contributed by atoms with Gasteiger partial charge in [0, 0.05) is 64.3 Å². The summed E-state index contributed by atoms with van der Waals surface area (Å²) in [5, 5.41) is 27.7. The number of furan rings is 1. The van der Waals surface area contributed by atoms with Crippen molar-refractivity contribution in [1.29, 1.82) is 0 Å². The zero-order valence-corrected chi connectivity index (χ0v) is 62.0. The minimum atomic E-state index is 0.518. The van der Waals surface area contributed by atoms with Crippen LogP contribution in [0, 0.1) is 0 Å². The minimum absolute atomic E-state index is 0.518. The molecule has 0 saturated heterocycles. The van der Waals surface area contributed by atoms with Gasteiger partial charge < -0.3 is 4.42 Å². The fourth-order valence-electron chi connectivity index (χ4n) is 19.0. The molecule has 0 N–H and O–H groups in total. The molecular formula is C106H60N6OS. The van der Waals surface area contributed by atoms with E-state index >= 15 is 0 Å². The number of benzene rings is 19. The Morgan fingerprint density at radius 3 is 1.27 bits per heavy atom. The lowest BCUT2D eigenvalue weighted by atomic mass is 9.87. The van der Waals surface area contributed by atoms with Crippen molar-refractivity contribution in [3.63, 3.8) is 0 Å². The minimum Gasteiger partial charge on any atom is -0.437 e. The molecule has 6 heterocycles. The molecule has 0 atom stereocenters. The maximum Gasteiger partial charge on any atom is 0.238 e. The van der Waals surface area contributed by atoms with Gasteiger partial charge in [-0.3, -0.25) is 9.13 Å². The third-order valence-corrected chi connectivity index (χ3v) is 25.1. The van der Waals surface area contributed by atoms with E-state index in [1.165, 1.54) is 80.1 Å². The van der Waals surface area contributed by atoms with Crippen molar-refractivity contribution in [2.24, 2.45) is 0 Å². The Morgan fingerprint density at radius 2 is 0.640 bits per heavy atom. The molecule has 0 fully saturated rings. The summed E-state index contributed by atoms with van der Waals surface area (Å²) in [5.74, 6) is 1.16. The Kier molecular flexibility index (Phi) is 13.4. The van der Waals surface area contributed by atoms with Gasteiger partial charge in [0.1, 0.15) is 10.4 Å². The van der Waals surface area contributed by atoms with Gasteiger partial charge in [0.2, 0.25) is 17.6 Å². The summed E-state index contributed by atoms with van der Waals surface area (Å²) in [6.45, 7) is 0. The van der Waals surface area contributed by atoms with Gasteiger partial charge >= 0.3 is 0 Å². The van der Waals surface area contributed by atoms with Crippen LogP contribution in [0.4, 0.5) is 0 Å². The zero-order valence-electron chi connectivity index (χ0n) is 61.1. The fraction of sp³-hybridized carbons (Fsp3) is 0. The van der Waals surface area contributed by atoms with E-state index in [1.807, 2.05) is 12.1 Å². The van der Waals surface area contributed by atoms with Crippen LogP contribution in [0.25, 0.3) is 251 Å². The second kappa shape index (κ2) is 24.3. The number of para-hydroxylation sites is 1. The number of hydrogen-bond acceptors (Lipinski definition) is 6. The van der Waals surface area contributed by atoms with E-state index in [1.54, 1.807) is 11.3 Å². The highest BCUT2D eigenvalue weighted by molar-refractivity contribution is 7.25. The third-order valence-electron chi connectivity index (χ3n) is 24.1. The van der Waals surface area contributed by atoms with Crippen molar-refractivity contribution in [3.05, 3.63) is 364 Å². The number of nitrogens with zero attached hydrogens (tertiary/aromatic N) is 6. The Morgan fingerprint density at radius 1 is 0.219 bits per heavy atom. The normalized spacial score (nSPS) is 12.2. The molecule has 7 nitrogen and oxygen atoms in total. The summed E-state index contributed by atoms with van der Waals surface area (Å²) in [6.07, 6.45) is 0. The van der Waals surface area contributed by atoms with E-state index in [4.69, 9.17) is 24.4 Å². The van der Waals surface area contributed by atoms with Gasteiger partial charge in [-0.2, -0.15) is 4.98 Å². The van der Waals surface area contributed by atoms with Crippen LogP contribution in [0.5, 0.6) is 0 Å². The van der Waals surface area contributed by atoms with E-state index < -0.39 is 0 Å². The van der Waals surface area contributed by atoms with E-state index in [-0.39, 0.29) is 0 Å². The first-order valence-corrected chi connectivity index (χ1v) is 39.6. The van der Waals surface area contributed by atoms with Crippen LogP contribution in [0.1, 0.15) is 0 Å². The van der Waals surface area contributed by atoms with Crippen molar-refractivity contribution < 1.29 is 4.42 Å². The molecule has 25 rings (SSSR count). The quantitative estimate of drug-likeness (QED) is 0.142. The molecule has 0 saturated carbocycles. The fourth-order valence-corrected chi connectivity index (χ4v) is 20.1. The molecule has 0 aliphatic heterocycles. The Balaban J connectivity index is 0.686. The lowest BCUT2D eigenvalue weighted by molar-refractivity contribution is 0.651. The number of rotatable bonds is 8. The summed E-state index contributed by atoms with van der Waals surface area (Å²) in [6, 6.07) is 133. The van der Waals surface area contributed by atoms with Crippen LogP contribution >= 0.6 is 11.3 Å². The van der Waals surface area contributed by atoms with Gasteiger partial charge in [0.25, 0.3) is 0 Å². The summed E-state index contributed by atoms with van der Waals surface area (Å²) < 4.78 is 12.7. The van der Waals surface area contributed by atoms with Gasteiger partial charge in [-0.25, -0.2) is 15.0 Å². The first-order chi connectivity index (χ1) is 56.5. The van der Waals surface area contributed by atoms with E-state index in [2.05, 4.69) is 361 Å². The highest BCUT2D eigenvalue weighted by Gasteiger charge is 2.28. The number of fused-ring (bicyclic) bond motifs is 28. The smallest absolute Gasteiger partial charge is 0.238 e. The topological polar surface area (TPSA) is 74.6 Å². The molecule has 526 valence electrons. The molecule has 25 aromatic rings. The highest BCUT2D eigenvalue weighted by Crippen LogP contribution is 2.51. The maximum absolute atomic E-state index is 6.95. The largest absolute Gasteiger partial charge is 0.437 e. The molecule has 8 heteroatoms. The average Bonchev–Trinajstić information content (AvgIpc) is 1.30. The highest BCUT2D eigenvalue weighted by atomic mass is 32.1. The molecule has 0 bridgehead atoms. The van der Waals surface area contributed by atoms with Crippen molar-refractivity contribution in [1.82, 2.24) is 29.1 Å². The van der Waals surface area contributed by atoms with Crippen LogP contribution < -0.4 is 0 Å². The van der Waals surface area contributed by atoms with Crippen molar-refractivity contribution >= 4 is 183 Å². The van der Waals surface area contributed by atoms with E-state index in [9.17, 15) is 0 Å². The van der Waals surface area contributed by atoms with Crippen molar-refractivity contribution in [2.45, 2.75) is 0 Å². The van der Waals surface area contributed by atoms with Crippen molar-refractivity contribution in [3.8, 4) is 78.9 Å². The van der Waals surface area contributed by atoms with E-state index in [0.717, 1.165) is 153 Å². The van der Waals surface area contributed by atoms with Gasteiger partial charge in [0.15, 0.2) is 0 Å². The standard InChI is InChI=1S/C106H60N6OS/c1-3-23-61(24-4-1)65-31-21-32-70(53-65)101-100-84-40-18-20-44-93(84)114-104(100)110-106(107-101)112-89-52-50-82-78-36-14-15-37-79(78)94-74(41-22-42-85(94)96(82)98(89)87-58-67-28-8-10-30-69(67)60-91(87)112)64-47-45-63(46-48-64)72-54-71(62-25-5-2-6-26-62)55-73(56-72)102-99-83-39-17-19-43-92(83)113-103(99)109-105(108-102)111-88-51-49-81-77-35-12-11-33-75(77)76-34-13-16-38-80(76)95(81)97(88)86-57-66-27-7-9-29-68(66)59-90(86)111/h1-60H. The SMILES string of the molecule is c1ccc(-c2cc(-c3ccc(-c4cccc5c4c4ccccc4c4ccc6c(c7cc8ccccc8cc7n6-c6nc(-c7cccc(-c8ccccc8)c7)c7c(n6)sc6ccccc67)c45)cc3)cc(-c3nc(-n4c5cc6ccccc6cc5c5c6c7ccccc7c7ccccc7c6ccc54)nc4oc5ccccc5c34)c2)cc1.